The molecule has 22 heavy (non-hydrogen) atoms. The van der Waals surface area contributed by atoms with Gasteiger partial charge in [-0.1, -0.05) is 23.7 Å². The van der Waals surface area contributed by atoms with Crippen LogP contribution in [-0.4, -0.2) is 24.0 Å². The molecule has 0 fully saturated rings. The van der Waals surface area contributed by atoms with Crippen molar-refractivity contribution in [3.8, 4) is 0 Å². The van der Waals surface area contributed by atoms with Crippen molar-refractivity contribution in [2.75, 3.05) is 18.0 Å². The van der Waals surface area contributed by atoms with Gasteiger partial charge in [-0.25, -0.2) is 9.37 Å². The largest absolute Gasteiger partial charge is 0.350 e. The third kappa shape index (κ3) is 4.70. The summed E-state index contributed by atoms with van der Waals surface area (Å²) >= 11 is 5.81. The van der Waals surface area contributed by atoms with Crippen LogP contribution in [0.5, 0.6) is 0 Å². The molecule has 1 aromatic carbocycles. The molecule has 1 heterocycles. The zero-order valence-corrected chi connectivity index (χ0v) is 13.0. The monoisotopic (exact) mass is 321 g/mol. The molecule has 0 radical (unpaired) electrons. The molecule has 0 saturated heterocycles. The lowest BCUT2D eigenvalue weighted by molar-refractivity contribution is -0.119. The van der Waals surface area contributed by atoms with E-state index in [2.05, 4.69) is 10.3 Å². The summed E-state index contributed by atoms with van der Waals surface area (Å²) in [7, 11) is 0. The molecule has 0 spiro atoms. The number of carbonyl (C=O) groups excluding carboxylic acids is 1. The predicted octanol–water partition coefficient (Wildman–Crippen LogP) is 3.02. The Hall–Kier alpha value is -2.14. The molecule has 0 saturated carbocycles. The highest BCUT2D eigenvalue weighted by molar-refractivity contribution is 6.30. The second-order valence-corrected chi connectivity index (χ2v) is 5.19. The number of rotatable bonds is 6. The predicted molar refractivity (Wildman–Crippen MR) is 85.4 cm³/mol. The fraction of sp³-hybridized carbons (Fsp3) is 0.250. The van der Waals surface area contributed by atoms with Crippen LogP contribution >= 0.6 is 11.6 Å². The van der Waals surface area contributed by atoms with Crippen LogP contribution in [0.3, 0.4) is 0 Å². The van der Waals surface area contributed by atoms with Crippen molar-refractivity contribution in [3.63, 3.8) is 0 Å². The maximum atomic E-state index is 12.8. The molecule has 0 aliphatic heterocycles. The lowest BCUT2D eigenvalue weighted by atomic mass is 10.2. The number of aromatic nitrogens is 1. The Morgan fingerprint density at radius 1 is 1.27 bits per heavy atom. The summed E-state index contributed by atoms with van der Waals surface area (Å²) < 4.78 is 12.8. The van der Waals surface area contributed by atoms with Gasteiger partial charge in [0, 0.05) is 19.3 Å². The second kappa shape index (κ2) is 7.75. The van der Waals surface area contributed by atoms with E-state index in [9.17, 15) is 9.18 Å². The minimum absolute atomic E-state index is 0.122. The summed E-state index contributed by atoms with van der Waals surface area (Å²) in [4.78, 5) is 18.1. The first kappa shape index (κ1) is 16.2. The number of anilines is 1. The van der Waals surface area contributed by atoms with Crippen molar-refractivity contribution in [2.45, 2.75) is 13.5 Å². The first-order chi connectivity index (χ1) is 10.6. The summed E-state index contributed by atoms with van der Waals surface area (Å²) in [5.74, 6) is 0.285. The molecule has 1 N–H and O–H groups in total. The number of amides is 1. The number of hydrogen-bond acceptors (Lipinski definition) is 3. The highest BCUT2D eigenvalue weighted by Gasteiger charge is 2.11. The summed E-state index contributed by atoms with van der Waals surface area (Å²) in [5, 5.41) is 3.36. The molecule has 1 aromatic heterocycles. The number of nitrogens with one attached hydrogen (secondary N) is 1. The summed E-state index contributed by atoms with van der Waals surface area (Å²) in [6, 6.07) is 9.55. The Kier molecular flexibility index (Phi) is 5.72. The van der Waals surface area contributed by atoms with E-state index in [-0.39, 0.29) is 18.3 Å². The molecule has 0 atom stereocenters. The normalized spacial score (nSPS) is 10.3. The molecule has 4 nitrogen and oxygen atoms in total. The van der Waals surface area contributed by atoms with E-state index in [1.165, 1.54) is 12.1 Å². The van der Waals surface area contributed by atoms with Crippen LogP contribution in [0.25, 0.3) is 0 Å². The Bertz CT molecular complexity index is 616. The number of benzene rings is 1. The van der Waals surface area contributed by atoms with Crippen LogP contribution < -0.4 is 10.2 Å². The highest BCUT2D eigenvalue weighted by Crippen LogP contribution is 2.13. The third-order valence-corrected chi connectivity index (χ3v) is 3.38. The van der Waals surface area contributed by atoms with E-state index in [0.717, 1.165) is 5.56 Å². The Morgan fingerprint density at radius 3 is 2.59 bits per heavy atom. The van der Waals surface area contributed by atoms with E-state index in [1.54, 1.807) is 30.5 Å². The van der Waals surface area contributed by atoms with Crippen LogP contribution in [0.2, 0.25) is 5.02 Å². The SMILES string of the molecule is CCN(CC(=O)NCc1ccc(F)cc1)c1ccc(Cl)cn1. The maximum Gasteiger partial charge on any atom is 0.239 e. The molecule has 2 rings (SSSR count). The molecule has 0 aliphatic rings. The van der Waals surface area contributed by atoms with Crippen LogP contribution in [0, 0.1) is 5.82 Å². The minimum atomic E-state index is -0.291. The molecule has 1 amide bonds. The van der Waals surface area contributed by atoms with Gasteiger partial charge in [0.2, 0.25) is 5.91 Å². The van der Waals surface area contributed by atoms with E-state index in [4.69, 9.17) is 11.6 Å². The molecule has 116 valence electrons. The summed E-state index contributed by atoms with van der Waals surface area (Å²) in [5.41, 5.74) is 0.849. The number of hydrogen-bond donors (Lipinski definition) is 1. The smallest absolute Gasteiger partial charge is 0.239 e. The van der Waals surface area contributed by atoms with Crippen molar-refractivity contribution in [1.29, 1.82) is 0 Å². The topological polar surface area (TPSA) is 45.2 Å². The number of carbonyl (C=O) groups is 1. The average molecular weight is 322 g/mol. The average Bonchev–Trinajstić information content (AvgIpc) is 2.53. The fourth-order valence-electron chi connectivity index (χ4n) is 1.94. The molecule has 2 aromatic rings. The Labute approximate surface area is 133 Å². The van der Waals surface area contributed by atoms with Crippen LogP contribution in [0.4, 0.5) is 10.2 Å². The van der Waals surface area contributed by atoms with E-state index in [0.29, 0.717) is 23.9 Å². The van der Waals surface area contributed by atoms with E-state index >= 15 is 0 Å². The first-order valence-electron chi connectivity index (χ1n) is 6.96. The van der Waals surface area contributed by atoms with Gasteiger partial charge in [-0.15, -0.1) is 0 Å². The van der Waals surface area contributed by atoms with Gasteiger partial charge >= 0.3 is 0 Å². The lowest BCUT2D eigenvalue weighted by Gasteiger charge is -2.21. The second-order valence-electron chi connectivity index (χ2n) is 4.75. The zero-order chi connectivity index (χ0) is 15.9. The molecule has 0 aliphatic carbocycles. The van der Waals surface area contributed by atoms with Gasteiger partial charge < -0.3 is 10.2 Å². The number of nitrogens with zero attached hydrogens (tertiary/aromatic N) is 2. The molecular formula is C16H17ClFN3O. The molecule has 0 bridgehead atoms. The van der Waals surface area contributed by atoms with Crippen LogP contribution in [-0.2, 0) is 11.3 Å². The molecular weight excluding hydrogens is 305 g/mol. The van der Waals surface area contributed by atoms with Crippen molar-refractivity contribution in [1.82, 2.24) is 10.3 Å². The van der Waals surface area contributed by atoms with Gasteiger partial charge in [-0.3, -0.25) is 4.79 Å². The highest BCUT2D eigenvalue weighted by atomic mass is 35.5. The molecule has 6 heteroatoms. The summed E-state index contributed by atoms with van der Waals surface area (Å²) in [6.07, 6.45) is 1.55. The van der Waals surface area contributed by atoms with Crippen molar-refractivity contribution < 1.29 is 9.18 Å². The first-order valence-corrected chi connectivity index (χ1v) is 7.34. The Morgan fingerprint density at radius 2 is 2.00 bits per heavy atom. The van der Waals surface area contributed by atoms with E-state index < -0.39 is 0 Å². The van der Waals surface area contributed by atoms with Gasteiger partial charge in [0.1, 0.15) is 11.6 Å². The van der Waals surface area contributed by atoms with Crippen molar-refractivity contribution in [3.05, 3.63) is 59.0 Å². The van der Waals surface area contributed by atoms with Gasteiger partial charge in [-0.2, -0.15) is 0 Å². The number of pyridine rings is 1. The zero-order valence-electron chi connectivity index (χ0n) is 12.2. The van der Waals surface area contributed by atoms with Gasteiger partial charge in [0.25, 0.3) is 0 Å². The number of halogens is 2. The lowest BCUT2D eigenvalue weighted by Crippen LogP contribution is -2.37. The van der Waals surface area contributed by atoms with Gasteiger partial charge in [-0.05, 0) is 36.8 Å². The third-order valence-electron chi connectivity index (χ3n) is 3.15. The Balaban J connectivity index is 1.89. The summed E-state index contributed by atoms with van der Waals surface area (Å²) in [6.45, 7) is 3.17. The van der Waals surface area contributed by atoms with Crippen molar-refractivity contribution in [2.24, 2.45) is 0 Å². The quantitative estimate of drug-likeness (QED) is 0.889. The van der Waals surface area contributed by atoms with Crippen LogP contribution in [0.15, 0.2) is 42.6 Å². The van der Waals surface area contributed by atoms with Gasteiger partial charge in [0.15, 0.2) is 0 Å². The van der Waals surface area contributed by atoms with Crippen LogP contribution in [0.1, 0.15) is 12.5 Å². The van der Waals surface area contributed by atoms with Gasteiger partial charge in [0.05, 0.1) is 11.6 Å². The standard InChI is InChI=1S/C16H17ClFN3O/c1-2-21(15-8-5-13(17)10-19-15)11-16(22)20-9-12-3-6-14(18)7-4-12/h3-8,10H,2,9,11H2,1H3,(H,20,22). The fourth-order valence-corrected chi connectivity index (χ4v) is 2.05. The maximum absolute atomic E-state index is 12.8. The van der Waals surface area contributed by atoms with Crippen molar-refractivity contribution >= 4 is 23.3 Å². The molecule has 0 unspecified atom stereocenters. The minimum Gasteiger partial charge on any atom is -0.350 e. The number of likely N-dealkylation sites (N-methyl/N-ethyl adjacent to an activating group) is 1. The van der Waals surface area contributed by atoms with E-state index in [1.807, 2.05) is 11.8 Å².